The predicted octanol–water partition coefficient (Wildman–Crippen LogP) is 5.05. The summed E-state index contributed by atoms with van der Waals surface area (Å²) in [6.45, 7) is 6.67. The van der Waals surface area contributed by atoms with E-state index in [-0.39, 0.29) is 6.03 Å². The Morgan fingerprint density at radius 2 is 1.29 bits per heavy atom. The molecule has 1 aliphatic heterocycles. The van der Waals surface area contributed by atoms with Gasteiger partial charge in [-0.1, -0.05) is 47.5 Å². The number of aryl methyl sites for hydroxylation is 2. The summed E-state index contributed by atoms with van der Waals surface area (Å²) in [6.07, 6.45) is 0. The van der Waals surface area contributed by atoms with Gasteiger partial charge in [-0.25, -0.2) is 4.79 Å². The third-order valence-electron chi connectivity index (χ3n) is 4.58. The number of benzene rings is 2. The average Bonchev–Trinajstić information content (AvgIpc) is 2.87. The second-order valence-corrected chi connectivity index (χ2v) is 7.01. The third-order valence-corrected chi connectivity index (χ3v) is 5.29. The van der Waals surface area contributed by atoms with E-state index >= 15 is 0 Å². The summed E-state index contributed by atoms with van der Waals surface area (Å²) < 4.78 is 0. The first-order valence-corrected chi connectivity index (χ1v) is 8.75. The normalized spacial score (nSPS) is 14.6. The van der Waals surface area contributed by atoms with Gasteiger partial charge in [0.25, 0.3) is 0 Å². The summed E-state index contributed by atoms with van der Waals surface area (Å²) in [5, 5.41) is 1.20. The Bertz CT molecular complexity index is 672. The first kappa shape index (κ1) is 17.1. The van der Waals surface area contributed by atoms with Gasteiger partial charge in [-0.05, 0) is 42.7 Å². The first-order valence-electron chi connectivity index (χ1n) is 7.99. The molecule has 2 aromatic carbocycles. The average molecular weight is 363 g/mol. The monoisotopic (exact) mass is 362 g/mol. The third kappa shape index (κ3) is 3.38. The van der Waals surface area contributed by atoms with Crippen LogP contribution in [0, 0.1) is 13.8 Å². The molecule has 0 spiro atoms. The Labute approximate surface area is 152 Å². The first-order chi connectivity index (χ1) is 11.5. The molecule has 0 saturated carbocycles. The molecule has 0 aliphatic carbocycles. The van der Waals surface area contributed by atoms with Gasteiger partial charge in [0, 0.05) is 35.2 Å². The molecule has 0 N–H and O–H groups in total. The van der Waals surface area contributed by atoms with E-state index in [4.69, 9.17) is 23.2 Å². The van der Waals surface area contributed by atoms with Gasteiger partial charge in [-0.2, -0.15) is 0 Å². The molecule has 3 rings (SSSR count). The van der Waals surface area contributed by atoms with E-state index in [0.29, 0.717) is 36.2 Å². The second-order valence-electron chi connectivity index (χ2n) is 6.20. The Morgan fingerprint density at radius 1 is 0.833 bits per heavy atom. The van der Waals surface area contributed by atoms with Gasteiger partial charge in [0.05, 0.1) is 6.54 Å². The topological polar surface area (TPSA) is 23.6 Å². The minimum absolute atomic E-state index is 0.0358. The van der Waals surface area contributed by atoms with Crippen LogP contribution in [-0.4, -0.2) is 28.9 Å². The van der Waals surface area contributed by atoms with Crippen molar-refractivity contribution in [1.82, 2.24) is 9.80 Å². The Morgan fingerprint density at radius 3 is 1.83 bits per heavy atom. The molecule has 126 valence electrons. The number of hydrogen-bond donors (Lipinski definition) is 0. The van der Waals surface area contributed by atoms with Crippen molar-refractivity contribution in [3.05, 3.63) is 68.7 Å². The standard InChI is InChI=1S/C19H20Cl2N2O/c1-13-5-3-6-14(2)15(13)11-22-9-10-23(19(22)24)12-16-17(20)7-4-8-18(16)21/h3-8H,9-12H2,1-2H3. The van der Waals surface area contributed by atoms with Crippen LogP contribution >= 0.6 is 23.2 Å². The van der Waals surface area contributed by atoms with Crippen molar-refractivity contribution in [2.75, 3.05) is 13.1 Å². The van der Waals surface area contributed by atoms with E-state index in [9.17, 15) is 4.79 Å². The van der Waals surface area contributed by atoms with Crippen molar-refractivity contribution >= 4 is 29.2 Å². The smallest absolute Gasteiger partial charge is 0.319 e. The Balaban J connectivity index is 1.74. The lowest BCUT2D eigenvalue weighted by Crippen LogP contribution is -2.31. The molecule has 0 radical (unpaired) electrons. The van der Waals surface area contributed by atoms with Crippen LogP contribution in [-0.2, 0) is 13.1 Å². The summed E-state index contributed by atoms with van der Waals surface area (Å²) >= 11 is 12.5. The fraction of sp³-hybridized carbons (Fsp3) is 0.316. The number of carbonyl (C=O) groups is 1. The van der Waals surface area contributed by atoms with Crippen LogP contribution < -0.4 is 0 Å². The molecule has 1 fully saturated rings. The number of nitrogens with zero attached hydrogens (tertiary/aromatic N) is 2. The van der Waals surface area contributed by atoms with Gasteiger partial charge < -0.3 is 9.80 Å². The zero-order chi connectivity index (χ0) is 17.3. The summed E-state index contributed by atoms with van der Waals surface area (Å²) in [4.78, 5) is 16.4. The molecule has 3 nitrogen and oxygen atoms in total. The van der Waals surface area contributed by atoms with Gasteiger partial charge in [-0.3, -0.25) is 0 Å². The maximum absolute atomic E-state index is 12.7. The number of halogens is 2. The second kappa shape index (κ2) is 7.04. The van der Waals surface area contributed by atoms with Crippen molar-refractivity contribution < 1.29 is 4.79 Å². The van der Waals surface area contributed by atoms with E-state index in [1.165, 1.54) is 16.7 Å². The quantitative estimate of drug-likeness (QED) is 0.746. The number of urea groups is 1. The molecular formula is C19H20Cl2N2O. The number of amides is 2. The van der Waals surface area contributed by atoms with Crippen LogP contribution in [0.15, 0.2) is 36.4 Å². The predicted molar refractivity (Wildman–Crippen MR) is 98.6 cm³/mol. The van der Waals surface area contributed by atoms with E-state index < -0.39 is 0 Å². The van der Waals surface area contributed by atoms with Crippen LogP contribution in [0.3, 0.4) is 0 Å². The highest BCUT2D eigenvalue weighted by molar-refractivity contribution is 6.36. The number of carbonyl (C=O) groups excluding carboxylic acids is 1. The highest BCUT2D eigenvalue weighted by Crippen LogP contribution is 2.27. The van der Waals surface area contributed by atoms with Gasteiger partial charge in [0.2, 0.25) is 0 Å². The van der Waals surface area contributed by atoms with E-state index in [1.54, 1.807) is 17.0 Å². The fourth-order valence-electron chi connectivity index (χ4n) is 3.09. The van der Waals surface area contributed by atoms with E-state index in [2.05, 4.69) is 26.0 Å². The lowest BCUT2D eigenvalue weighted by molar-refractivity contribution is 0.188. The molecular weight excluding hydrogens is 343 g/mol. The van der Waals surface area contributed by atoms with Gasteiger partial charge in [-0.15, -0.1) is 0 Å². The SMILES string of the molecule is Cc1cccc(C)c1CN1CCN(Cc2c(Cl)cccc2Cl)C1=O. The highest BCUT2D eigenvalue weighted by atomic mass is 35.5. The molecule has 1 aliphatic rings. The van der Waals surface area contributed by atoms with Crippen molar-refractivity contribution in [2.45, 2.75) is 26.9 Å². The van der Waals surface area contributed by atoms with Crippen LogP contribution in [0.25, 0.3) is 0 Å². The molecule has 0 atom stereocenters. The largest absolute Gasteiger partial charge is 0.320 e. The number of hydrogen-bond acceptors (Lipinski definition) is 1. The van der Waals surface area contributed by atoms with Crippen LogP contribution in [0.4, 0.5) is 4.79 Å². The van der Waals surface area contributed by atoms with Crippen molar-refractivity contribution in [3.63, 3.8) is 0 Å². The minimum Gasteiger partial charge on any atom is -0.319 e. The molecule has 2 amide bonds. The maximum Gasteiger partial charge on any atom is 0.320 e. The van der Waals surface area contributed by atoms with E-state index in [0.717, 1.165) is 5.56 Å². The number of rotatable bonds is 4. The highest BCUT2D eigenvalue weighted by Gasteiger charge is 2.29. The summed E-state index contributed by atoms with van der Waals surface area (Å²) in [6, 6.07) is 11.7. The molecule has 24 heavy (non-hydrogen) atoms. The Hall–Kier alpha value is -1.71. The lowest BCUT2D eigenvalue weighted by atomic mass is 10.0. The summed E-state index contributed by atoms with van der Waals surface area (Å²) in [5.74, 6) is 0. The molecule has 1 heterocycles. The molecule has 5 heteroatoms. The van der Waals surface area contributed by atoms with Crippen molar-refractivity contribution in [1.29, 1.82) is 0 Å². The molecule has 2 aromatic rings. The van der Waals surface area contributed by atoms with Crippen molar-refractivity contribution in [3.8, 4) is 0 Å². The van der Waals surface area contributed by atoms with Gasteiger partial charge in [0.15, 0.2) is 0 Å². The van der Waals surface area contributed by atoms with Crippen LogP contribution in [0.5, 0.6) is 0 Å². The van der Waals surface area contributed by atoms with Crippen LogP contribution in [0.2, 0.25) is 10.0 Å². The fourth-order valence-corrected chi connectivity index (χ4v) is 3.61. The molecule has 0 bridgehead atoms. The van der Waals surface area contributed by atoms with Gasteiger partial charge in [0.1, 0.15) is 0 Å². The Kier molecular flexibility index (Phi) is 5.02. The zero-order valence-corrected chi connectivity index (χ0v) is 15.4. The summed E-state index contributed by atoms with van der Waals surface area (Å²) in [5.41, 5.74) is 4.47. The minimum atomic E-state index is 0.0358. The molecule has 0 unspecified atom stereocenters. The van der Waals surface area contributed by atoms with Crippen LogP contribution in [0.1, 0.15) is 22.3 Å². The lowest BCUT2D eigenvalue weighted by Gasteiger charge is -2.21. The van der Waals surface area contributed by atoms with E-state index in [1.807, 2.05) is 17.0 Å². The zero-order valence-electron chi connectivity index (χ0n) is 13.9. The summed E-state index contributed by atoms with van der Waals surface area (Å²) in [7, 11) is 0. The maximum atomic E-state index is 12.7. The van der Waals surface area contributed by atoms with Gasteiger partial charge >= 0.3 is 6.03 Å². The van der Waals surface area contributed by atoms with Crippen molar-refractivity contribution in [2.24, 2.45) is 0 Å². The molecule has 0 aromatic heterocycles. The molecule has 1 saturated heterocycles.